The minimum Gasteiger partial charge on any atom is -0.465 e. The van der Waals surface area contributed by atoms with Crippen LogP contribution in [0.15, 0.2) is 24.4 Å². The summed E-state index contributed by atoms with van der Waals surface area (Å²) in [6.07, 6.45) is 6.56. The van der Waals surface area contributed by atoms with Crippen molar-refractivity contribution in [3.05, 3.63) is 35.0 Å². The molecule has 0 saturated heterocycles. The van der Waals surface area contributed by atoms with Crippen molar-refractivity contribution >= 4 is 29.2 Å². The van der Waals surface area contributed by atoms with Gasteiger partial charge in [0, 0.05) is 24.3 Å². The number of amides is 2. The molecule has 1 saturated carbocycles. The van der Waals surface area contributed by atoms with E-state index in [-0.39, 0.29) is 6.10 Å². The monoisotopic (exact) mass is 448 g/mol. The van der Waals surface area contributed by atoms with Crippen molar-refractivity contribution in [3.8, 4) is 10.4 Å². The van der Waals surface area contributed by atoms with Gasteiger partial charge in [0.1, 0.15) is 0 Å². The minimum absolute atomic E-state index is 0.0995. The number of nitrogens with two attached hydrogens (primary N) is 1. The van der Waals surface area contributed by atoms with Crippen LogP contribution in [0, 0.1) is 0 Å². The van der Waals surface area contributed by atoms with Gasteiger partial charge in [0.05, 0.1) is 16.0 Å². The number of carbonyl (C=O) groups excluding carboxylic acids is 1. The van der Waals surface area contributed by atoms with Gasteiger partial charge >= 0.3 is 12.2 Å². The number of nitrogens with zero attached hydrogens (tertiary/aromatic N) is 1. The number of benzene rings is 1. The van der Waals surface area contributed by atoms with Crippen LogP contribution in [0.3, 0.4) is 0 Å². The first-order valence-corrected chi connectivity index (χ1v) is 11.3. The molecule has 2 aromatic rings. The van der Waals surface area contributed by atoms with E-state index in [1.807, 2.05) is 31.4 Å². The molecule has 1 aliphatic rings. The molecule has 3 rings (SSSR count). The molecule has 1 aromatic heterocycles. The van der Waals surface area contributed by atoms with Crippen LogP contribution in [0.4, 0.5) is 15.3 Å². The van der Waals surface area contributed by atoms with Gasteiger partial charge in [-0.2, -0.15) is 0 Å². The number of ether oxygens (including phenoxy) is 1. The summed E-state index contributed by atoms with van der Waals surface area (Å²) >= 11 is 1.78. The quantitative estimate of drug-likeness (QED) is 0.484. The third-order valence-electron chi connectivity index (χ3n) is 4.82. The Kier molecular flexibility index (Phi) is 9.74. The fraction of sp³-hybridized carbons (Fsp3) is 0.500. The van der Waals surface area contributed by atoms with E-state index in [1.165, 1.54) is 37.1 Å². The van der Waals surface area contributed by atoms with Crippen LogP contribution in [0.1, 0.15) is 62.4 Å². The zero-order valence-corrected chi connectivity index (χ0v) is 19.1. The highest BCUT2D eigenvalue weighted by Gasteiger charge is 2.19. The lowest BCUT2D eigenvalue weighted by molar-refractivity contribution is 0.125. The zero-order valence-electron chi connectivity index (χ0n) is 18.3. The number of thiazole rings is 1. The van der Waals surface area contributed by atoms with E-state index in [0.29, 0.717) is 18.2 Å². The van der Waals surface area contributed by atoms with E-state index in [2.05, 4.69) is 26.1 Å². The standard InChI is InChI=1S/C18H23N3O2S.C4H9NO2/c1-19-10-13-9-14(21-18(22)23)7-8-15(13)16-11-20-17(24-16)12-5-3-2-4-6-12;1-3(2)7-4(5)6/h7-9,11-12,19,21H,2-6,10H2,1H3,(H,22,23);3H,1-2H3,(H2,5,6). The van der Waals surface area contributed by atoms with Crippen LogP contribution in [-0.2, 0) is 11.3 Å². The molecular weight excluding hydrogens is 416 g/mol. The number of nitrogens with one attached hydrogen (secondary N) is 2. The number of rotatable bonds is 6. The Bertz CT molecular complexity index is 863. The van der Waals surface area contributed by atoms with Gasteiger partial charge in [-0.15, -0.1) is 11.3 Å². The third-order valence-corrected chi connectivity index (χ3v) is 6.01. The molecule has 0 atom stereocenters. The van der Waals surface area contributed by atoms with Crippen LogP contribution in [0.25, 0.3) is 10.4 Å². The second kappa shape index (κ2) is 12.3. The molecule has 5 N–H and O–H groups in total. The van der Waals surface area contributed by atoms with Crippen LogP contribution in [0.5, 0.6) is 0 Å². The largest absolute Gasteiger partial charge is 0.465 e. The summed E-state index contributed by atoms with van der Waals surface area (Å²) in [5.41, 5.74) is 7.42. The normalized spacial score (nSPS) is 13.9. The van der Waals surface area contributed by atoms with E-state index in [9.17, 15) is 9.59 Å². The molecule has 1 heterocycles. The predicted molar refractivity (Wildman–Crippen MR) is 124 cm³/mol. The van der Waals surface area contributed by atoms with Crippen molar-refractivity contribution in [3.63, 3.8) is 0 Å². The molecular formula is C22H32N4O4S. The predicted octanol–water partition coefficient (Wildman–Crippen LogP) is 5.16. The molecule has 0 bridgehead atoms. The lowest BCUT2D eigenvalue weighted by atomic mass is 9.90. The molecule has 0 aliphatic heterocycles. The molecule has 0 spiro atoms. The Labute approximate surface area is 187 Å². The minimum atomic E-state index is -1.05. The highest BCUT2D eigenvalue weighted by atomic mass is 32.1. The first-order valence-electron chi connectivity index (χ1n) is 10.5. The molecule has 170 valence electrons. The molecule has 1 aliphatic carbocycles. The summed E-state index contributed by atoms with van der Waals surface area (Å²) in [7, 11) is 1.89. The van der Waals surface area contributed by atoms with Crippen molar-refractivity contribution in [1.29, 1.82) is 0 Å². The van der Waals surface area contributed by atoms with Gasteiger partial charge in [-0.05, 0) is 57.0 Å². The average Bonchev–Trinajstić information content (AvgIpc) is 3.18. The van der Waals surface area contributed by atoms with Gasteiger partial charge in [0.25, 0.3) is 0 Å². The van der Waals surface area contributed by atoms with Crippen LogP contribution < -0.4 is 16.4 Å². The Morgan fingerprint density at radius 3 is 2.55 bits per heavy atom. The summed E-state index contributed by atoms with van der Waals surface area (Å²) in [6.45, 7) is 4.16. The summed E-state index contributed by atoms with van der Waals surface area (Å²) in [5.74, 6) is 0.609. The molecule has 2 amide bonds. The first-order chi connectivity index (χ1) is 14.8. The van der Waals surface area contributed by atoms with Crippen LogP contribution >= 0.6 is 11.3 Å². The topological polar surface area (TPSA) is 127 Å². The number of carbonyl (C=O) groups is 2. The highest BCUT2D eigenvalue weighted by molar-refractivity contribution is 7.15. The number of hydrogen-bond donors (Lipinski definition) is 4. The smallest absolute Gasteiger partial charge is 0.409 e. The fourth-order valence-electron chi connectivity index (χ4n) is 3.55. The van der Waals surface area contributed by atoms with Crippen molar-refractivity contribution in [2.75, 3.05) is 12.4 Å². The van der Waals surface area contributed by atoms with Crippen LogP contribution in [-0.4, -0.2) is 35.4 Å². The van der Waals surface area contributed by atoms with Gasteiger partial charge in [0.15, 0.2) is 0 Å². The number of primary amides is 1. The van der Waals surface area contributed by atoms with Crippen LogP contribution in [0.2, 0.25) is 0 Å². The lowest BCUT2D eigenvalue weighted by Gasteiger charge is -2.18. The van der Waals surface area contributed by atoms with Crippen molar-refractivity contribution in [2.45, 2.75) is 64.5 Å². The summed E-state index contributed by atoms with van der Waals surface area (Å²) in [6, 6.07) is 5.68. The lowest BCUT2D eigenvalue weighted by Crippen LogP contribution is -2.17. The Morgan fingerprint density at radius 1 is 1.29 bits per heavy atom. The van der Waals surface area contributed by atoms with E-state index < -0.39 is 12.2 Å². The van der Waals surface area contributed by atoms with Gasteiger partial charge in [0.2, 0.25) is 0 Å². The Balaban J connectivity index is 0.000000423. The molecule has 31 heavy (non-hydrogen) atoms. The van der Waals surface area contributed by atoms with E-state index in [1.54, 1.807) is 25.2 Å². The second-order valence-electron chi connectivity index (χ2n) is 7.72. The fourth-order valence-corrected chi connectivity index (χ4v) is 4.70. The van der Waals surface area contributed by atoms with Gasteiger partial charge in [-0.25, -0.2) is 14.6 Å². The number of carboxylic acid groups (broad SMARTS) is 1. The molecule has 0 radical (unpaired) electrons. The first kappa shape index (κ1) is 24.6. The number of hydrogen-bond acceptors (Lipinski definition) is 6. The molecule has 9 heteroatoms. The maximum Gasteiger partial charge on any atom is 0.409 e. The number of anilines is 1. The SMILES string of the molecule is CC(C)OC(N)=O.CNCc1cc(NC(=O)O)ccc1-c1cnc(C2CCCCC2)s1. The van der Waals surface area contributed by atoms with Crippen molar-refractivity contribution < 1.29 is 19.4 Å². The molecule has 1 aromatic carbocycles. The maximum atomic E-state index is 10.8. The maximum absolute atomic E-state index is 10.8. The summed E-state index contributed by atoms with van der Waals surface area (Å²) < 4.78 is 4.39. The Morgan fingerprint density at radius 2 is 2.00 bits per heavy atom. The third kappa shape index (κ3) is 8.18. The second-order valence-corrected chi connectivity index (χ2v) is 8.78. The van der Waals surface area contributed by atoms with Gasteiger partial charge in [-0.1, -0.05) is 25.3 Å². The molecule has 1 fully saturated rings. The summed E-state index contributed by atoms with van der Waals surface area (Å²) in [5, 5.41) is 15.7. The van der Waals surface area contributed by atoms with Gasteiger partial charge < -0.3 is 20.9 Å². The van der Waals surface area contributed by atoms with Crippen molar-refractivity contribution in [2.24, 2.45) is 5.73 Å². The zero-order chi connectivity index (χ0) is 22.8. The number of aromatic nitrogens is 1. The van der Waals surface area contributed by atoms with E-state index >= 15 is 0 Å². The highest BCUT2D eigenvalue weighted by Crippen LogP contribution is 2.38. The van der Waals surface area contributed by atoms with Gasteiger partial charge in [-0.3, -0.25) is 5.32 Å². The van der Waals surface area contributed by atoms with Crippen molar-refractivity contribution in [1.82, 2.24) is 10.3 Å². The molecule has 0 unspecified atom stereocenters. The Hall–Kier alpha value is -2.65. The summed E-state index contributed by atoms with van der Waals surface area (Å²) in [4.78, 5) is 26.5. The van der Waals surface area contributed by atoms with E-state index in [4.69, 9.17) is 5.11 Å². The van der Waals surface area contributed by atoms with E-state index in [0.717, 1.165) is 16.0 Å². The molecule has 8 nitrogen and oxygen atoms in total. The average molecular weight is 449 g/mol.